The first-order chi connectivity index (χ1) is 14.6. The maximum atomic E-state index is 13.0. The standard InChI is InChI=1S/C21H26ClN5O3S/c1-12(2)9-10-27-19(29)17-18(26(5)21(27)30)24-20(25(17)4)31-11-16(28)23-15-8-6-7-14(22)13(15)3/h6-8,12H,9-11H2,1-5H3,(H,23,28). The van der Waals surface area contributed by atoms with Gasteiger partial charge in [0.1, 0.15) is 0 Å². The van der Waals surface area contributed by atoms with Gasteiger partial charge in [-0.2, -0.15) is 0 Å². The van der Waals surface area contributed by atoms with Crippen molar-refractivity contribution in [3.63, 3.8) is 0 Å². The predicted octanol–water partition coefficient (Wildman–Crippen LogP) is 3.17. The molecule has 0 bridgehead atoms. The molecular formula is C21H26ClN5O3S. The minimum Gasteiger partial charge on any atom is -0.325 e. The van der Waals surface area contributed by atoms with Crippen LogP contribution in [0.15, 0.2) is 32.9 Å². The molecule has 3 rings (SSSR count). The number of nitrogens with zero attached hydrogens (tertiary/aromatic N) is 4. The number of halogens is 1. The van der Waals surface area contributed by atoms with Crippen LogP contribution >= 0.6 is 23.4 Å². The van der Waals surface area contributed by atoms with Crippen molar-refractivity contribution in [2.75, 3.05) is 11.1 Å². The van der Waals surface area contributed by atoms with E-state index < -0.39 is 0 Å². The molecular weight excluding hydrogens is 438 g/mol. The first-order valence-electron chi connectivity index (χ1n) is 9.95. The Morgan fingerprint density at radius 3 is 2.61 bits per heavy atom. The van der Waals surface area contributed by atoms with Gasteiger partial charge >= 0.3 is 5.69 Å². The summed E-state index contributed by atoms with van der Waals surface area (Å²) >= 11 is 7.30. The van der Waals surface area contributed by atoms with Crippen molar-refractivity contribution in [2.45, 2.75) is 38.9 Å². The molecule has 10 heteroatoms. The van der Waals surface area contributed by atoms with Gasteiger partial charge in [0.15, 0.2) is 16.3 Å². The fourth-order valence-corrected chi connectivity index (χ4v) is 4.14. The van der Waals surface area contributed by atoms with Crippen LogP contribution in [0.3, 0.4) is 0 Å². The number of aromatic nitrogens is 4. The largest absolute Gasteiger partial charge is 0.332 e. The van der Waals surface area contributed by atoms with E-state index in [1.54, 1.807) is 36.9 Å². The van der Waals surface area contributed by atoms with E-state index in [1.807, 2.05) is 20.8 Å². The average molecular weight is 464 g/mol. The smallest absolute Gasteiger partial charge is 0.325 e. The summed E-state index contributed by atoms with van der Waals surface area (Å²) in [6.07, 6.45) is 0.725. The molecule has 0 aliphatic rings. The highest BCUT2D eigenvalue weighted by atomic mass is 35.5. The van der Waals surface area contributed by atoms with E-state index in [0.29, 0.717) is 39.5 Å². The number of carbonyl (C=O) groups is 1. The molecule has 2 aromatic heterocycles. The van der Waals surface area contributed by atoms with Gasteiger partial charge in [0.25, 0.3) is 5.56 Å². The highest BCUT2D eigenvalue weighted by Crippen LogP contribution is 2.24. The average Bonchev–Trinajstić information content (AvgIpc) is 3.04. The molecule has 1 aromatic carbocycles. The summed E-state index contributed by atoms with van der Waals surface area (Å²) in [6.45, 7) is 6.28. The number of imidazole rings is 1. The normalized spacial score (nSPS) is 11.5. The summed E-state index contributed by atoms with van der Waals surface area (Å²) in [7, 11) is 3.32. The Bertz CT molecular complexity index is 1260. The predicted molar refractivity (Wildman–Crippen MR) is 125 cm³/mol. The maximum absolute atomic E-state index is 13.0. The van der Waals surface area contributed by atoms with Gasteiger partial charge in [0, 0.05) is 31.4 Å². The lowest BCUT2D eigenvalue weighted by Crippen LogP contribution is -2.39. The third-order valence-electron chi connectivity index (χ3n) is 5.12. The van der Waals surface area contributed by atoms with Crippen molar-refractivity contribution in [2.24, 2.45) is 20.0 Å². The lowest BCUT2D eigenvalue weighted by molar-refractivity contribution is -0.113. The fraction of sp³-hybridized carbons (Fsp3) is 0.429. The Balaban J connectivity index is 1.86. The quantitative estimate of drug-likeness (QED) is 0.543. The first-order valence-corrected chi connectivity index (χ1v) is 11.3. The molecule has 2 heterocycles. The summed E-state index contributed by atoms with van der Waals surface area (Å²) in [5.74, 6) is 0.246. The Kier molecular flexibility index (Phi) is 6.96. The highest BCUT2D eigenvalue weighted by Gasteiger charge is 2.19. The molecule has 0 spiro atoms. The number of thioether (sulfide) groups is 1. The molecule has 0 fully saturated rings. The maximum Gasteiger partial charge on any atom is 0.332 e. The first kappa shape index (κ1) is 23.1. The van der Waals surface area contributed by atoms with Crippen molar-refractivity contribution < 1.29 is 4.79 Å². The van der Waals surface area contributed by atoms with Crippen molar-refractivity contribution in [3.8, 4) is 0 Å². The van der Waals surface area contributed by atoms with Gasteiger partial charge < -0.3 is 9.88 Å². The van der Waals surface area contributed by atoms with Crippen molar-refractivity contribution in [3.05, 3.63) is 49.6 Å². The van der Waals surface area contributed by atoms with Crippen LogP contribution in [-0.4, -0.2) is 30.3 Å². The number of anilines is 1. The van der Waals surface area contributed by atoms with E-state index in [4.69, 9.17) is 11.6 Å². The number of fused-ring (bicyclic) bond motifs is 1. The molecule has 166 valence electrons. The van der Waals surface area contributed by atoms with Crippen LogP contribution in [0.1, 0.15) is 25.8 Å². The van der Waals surface area contributed by atoms with Crippen LogP contribution in [-0.2, 0) is 25.4 Å². The van der Waals surface area contributed by atoms with Crippen LogP contribution in [0, 0.1) is 12.8 Å². The summed E-state index contributed by atoms with van der Waals surface area (Å²) in [5.41, 5.74) is 1.36. The van der Waals surface area contributed by atoms with Gasteiger partial charge in [-0.1, -0.05) is 43.3 Å². The molecule has 1 N–H and O–H groups in total. The third kappa shape index (κ3) is 4.72. The van der Waals surface area contributed by atoms with E-state index in [2.05, 4.69) is 10.3 Å². The Morgan fingerprint density at radius 2 is 1.94 bits per heavy atom. The second-order valence-corrected chi connectivity index (χ2v) is 9.21. The Morgan fingerprint density at radius 1 is 1.23 bits per heavy atom. The number of nitrogens with one attached hydrogen (secondary N) is 1. The zero-order valence-electron chi connectivity index (χ0n) is 18.2. The number of rotatable bonds is 7. The van der Waals surface area contributed by atoms with Gasteiger partial charge in [-0.15, -0.1) is 0 Å². The van der Waals surface area contributed by atoms with Gasteiger partial charge in [-0.25, -0.2) is 9.78 Å². The summed E-state index contributed by atoms with van der Waals surface area (Å²) in [6, 6.07) is 5.32. The lowest BCUT2D eigenvalue weighted by atomic mass is 10.1. The molecule has 0 unspecified atom stereocenters. The minimum atomic E-state index is -0.387. The van der Waals surface area contributed by atoms with Crippen molar-refractivity contribution in [1.29, 1.82) is 0 Å². The van der Waals surface area contributed by atoms with Crippen LogP contribution in [0.25, 0.3) is 11.2 Å². The van der Waals surface area contributed by atoms with Crippen molar-refractivity contribution >= 4 is 46.1 Å². The van der Waals surface area contributed by atoms with Crippen molar-refractivity contribution in [1.82, 2.24) is 18.7 Å². The van der Waals surface area contributed by atoms with E-state index >= 15 is 0 Å². The molecule has 0 saturated carbocycles. The monoisotopic (exact) mass is 463 g/mol. The third-order valence-corrected chi connectivity index (χ3v) is 6.56. The van der Waals surface area contributed by atoms with Gasteiger partial charge in [0.2, 0.25) is 5.91 Å². The van der Waals surface area contributed by atoms with Gasteiger partial charge in [-0.3, -0.25) is 18.7 Å². The lowest BCUT2D eigenvalue weighted by Gasteiger charge is -2.10. The van der Waals surface area contributed by atoms with Gasteiger partial charge in [-0.05, 0) is 37.0 Å². The molecule has 3 aromatic rings. The van der Waals surface area contributed by atoms with E-state index in [0.717, 1.165) is 12.0 Å². The molecule has 0 atom stereocenters. The molecule has 0 radical (unpaired) electrons. The number of benzene rings is 1. The van der Waals surface area contributed by atoms with Crippen LogP contribution in [0.4, 0.5) is 5.69 Å². The second-order valence-electron chi connectivity index (χ2n) is 7.86. The number of hydrogen-bond donors (Lipinski definition) is 1. The molecule has 31 heavy (non-hydrogen) atoms. The SMILES string of the molecule is Cc1c(Cl)cccc1NC(=O)CSc1nc2c(c(=O)n(CCC(C)C)c(=O)n2C)n1C. The second kappa shape index (κ2) is 9.32. The molecule has 0 aliphatic heterocycles. The fourth-order valence-electron chi connectivity index (χ4n) is 3.20. The summed E-state index contributed by atoms with van der Waals surface area (Å²) in [5, 5.41) is 3.91. The van der Waals surface area contributed by atoms with E-state index in [9.17, 15) is 14.4 Å². The molecule has 0 aliphatic carbocycles. The van der Waals surface area contributed by atoms with Crippen LogP contribution < -0.4 is 16.6 Å². The van der Waals surface area contributed by atoms with Gasteiger partial charge in [0.05, 0.1) is 5.75 Å². The number of amides is 1. The molecule has 1 amide bonds. The minimum absolute atomic E-state index is 0.0958. The number of carbonyl (C=O) groups excluding carboxylic acids is 1. The zero-order chi connectivity index (χ0) is 22.9. The topological polar surface area (TPSA) is 90.9 Å². The van der Waals surface area contributed by atoms with Crippen LogP contribution in [0.2, 0.25) is 5.02 Å². The van der Waals surface area contributed by atoms with Crippen LogP contribution in [0.5, 0.6) is 0 Å². The number of aryl methyl sites for hydroxylation is 2. The summed E-state index contributed by atoms with van der Waals surface area (Å²) < 4.78 is 4.29. The Labute approximate surface area is 189 Å². The highest BCUT2D eigenvalue weighted by molar-refractivity contribution is 7.99. The zero-order valence-corrected chi connectivity index (χ0v) is 19.8. The Hall–Kier alpha value is -2.52. The van der Waals surface area contributed by atoms with E-state index in [-0.39, 0.29) is 22.9 Å². The molecule has 8 nitrogen and oxygen atoms in total. The van der Waals surface area contributed by atoms with E-state index in [1.165, 1.54) is 20.9 Å². The molecule has 0 saturated heterocycles. The number of hydrogen-bond acceptors (Lipinski definition) is 5. The summed E-state index contributed by atoms with van der Waals surface area (Å²) in [4.78, 5) is 42.5.